The van der Waals surface area contributed by atoms with E-state index in [4.69, 9.17) is 9.47 Å². The molecule has 1 aliphatic carbocycles. The largest absolute Gasteiger partial charge is 0.379 e. The Kier molecular flexibility index (Phi) is 7.82. The minimum Gasteiger partial charge on any atom is -0.379 e. The molecule has 3 heteroatoms. The molecule has 3 unspecified atom stereocenters. The van der Waals surface area contributed by atoms with Crippen molar-refractivity contribution in [2.45, 2.75) is 58.6 Å². The summed E-state index contributed by atoms with van der Waals surface area (Å²) in [4.78, 5) is 0. The molecule has 0 spiro atoms. The molecule has 1 N–H and O–H groups in total. The Bertz CT molecular complexity index is 187. The quantitative estimate of drug-likeness (QED) is 0.665. The summed E-state index contributed by atoms with van der Waals surface area (Å²) in [5.74, 6) is 0.798. The van der Waals surface area contributed by atoms with Gasteiger partial charge in [-0.1, -0.05) is 20.8 Å². The van der Waals surface area contributed by atoms with Gasteiger partial charge in [0.25, 0.3) is 0 Å². The first kappa shape index (κ1) is 14.9. The predicted octanol–water partition coefficient (Wildman–Crippen LogP) is 2.60. The molecule has 3 nitrogen and oxygen atoms in total. The number of likely N-dealkylation sites (N-methyl/N-ethyl adjacent to an activating group) is 1. The van der Waals surface area contributed by atoms with Crippen LogP contribution in [0.25, 0.3) is 0 Å². The molecule has 0 heterocycles. The van der Waals surface area contributed by atoms with Gasteiger partial charge in [-0.3, -0.25) is 0 Å². The standard InChI is InChI=1S/C14H29NO2/c1-4-8-16-9-10-17-14-11-12(3)6-7-13(14)15-5-2/h12-15H,4-11H2,1-3H3. The van der Waals surface area contributed by atoms with E-state index in [1.165, 1.54) is 19.3 Å². The third-order valence-corrected chi connectivity index (χ3v) is 3.43. The van der Waals surface area contributed by atoms with Crippen LogP contribution in [0.2, 0.25) is 0 Å². The lowest BCUT2D eigenvalue weighted by atomic mass is 9.85. The average Bonchev–Trinajstić information content (AvgIpc) is 2.32. The molecule has 0 aliphatic heterocycles. The Morgan fingerprint density at radius 2 is 1.94 bits per heavy atom. The maximum Gasteiger partial charge on any atom is 0.0731 e. The summed E-state index contributed by atoms with van der Waals surface area (Å²) in [6, 6.07) is 0.544. The molecule has 1 rings (SSSR count). The smallest absolute Gasteiger partial charge is 0.0731 e. The topological polar surface area (TPSA) is 30.5 Å². The van der Waals surface area contributed by atoms with Crippen molar-refractivity contribution in [1.29, 1.82) is 0 Å². The van der Waals surface area contributed by atoms with Gasteiger partial charge in [0.1, 0.15) is 0 Å². The first-order valence-electron chi connectivity index (χ1n) is 7.20. The minimum atomic E-state index is 0.379. The first-order chi connectivity index (χ1) is 8.27. The van der Waals surface area contributed by atoms with Gasteiger partial charge < -0.3 is 14.8 Å². The van der Waals surface area contributed by atoms with Crippen LogP contribution in [0.5, 0.6) is 0 Å². The van der Waals surface area contributed by atoms with Crippen LogP contribution in [0.3, 0.4) is 0 Å². The zero-order valence-corrected chi connectivity index (χ0v) is 11.7. The van der Waals surface area contributed by atoms with Crippen molar-refractivity contribution in [2.75, 3.05) is 26.4 Å². The van der Waals surface area contributed by atoms with Gasteiger partial charge in [0, 0.05) is 12.6 Å². The molecular weight excluding hydrogens is 214 g/mol. The van der Waals surface area contributed by atoms with E-state index in [9.17, 15) is 0 Å². The fourth-order valence-corrected chi connectivity index (χ4v) is 2.51. The normalized spacial score (nSPS) is 29.5. The highest BCUT2D eigenvalue weighted by Gasteiger charge is 2.28. The van der Waals surface area contributed by atoms with Gasteiger partial charge in [-0.05, 0) is 38.1 Å². The maximum absolute atomic E-state index is 5.98. The average molecular weight is 243 g/mol. The third-order valence-electron chi connectivity index (χ3n) is 3.43. The van der Waals surface area contributed by atoms with E-state index in [1.807, 2.05) is 0 Å². The van der Waals surface area contributed by atoms with E-state index in [0.717, 1.165) is 38.7 Å². The lowest BCUT2D eigenvalue weighted by molar-refractivity contribution is -0.0339. The van der Waals surface area contributed by atoms with Gasteiger partial charge in [0.15, 0.2) is 0 Å². The summed E-state index contributed by atoms with van der Waals surface area (Å²) < 4.78 is 11.4. The second-order valence-electron chi connectivity index (χ2n) is 5.10. The zero-order chi connectivity index (χ0) is 12.5. The van der Waals surface area contributed by atoms with Crippen molar-refractivity contribution < 1.29 is 9.47 Å². The molecule has 102 valence electrons. The Hall–Kier alpha value is -0.120. The molecule has 3 atom stereocenters. The molecule has 0 aromatic carbocycles. The SMILES string of the molecule is CCCOCCOC1CC(C)CCC1NCC. The molecule has 1 saturated carbocycles. The molecular formula is C14H29NO2. The van der Waals surface area contributed by atoms with E-state index < -0.39 is 0 Å². The van der Waals surface area contributed by atoms with Crippen LogP contribution in [-0.2, 0) is 9.47 Å². The van der Waals surface area contributed by atoms with Crippen LogP contribution in [0.4, 0.5) is 0 Å². The van der Waals surface area contributed by atoms with Crippen molar-refractivity contribution in [3.63, 3.8) is 0 Å². The summed E-state index contributed by atoms with van der Waals surface area (Å²) >= 11 is 0. The van der Waals surface area contributed by atoms with Crippen LogP contribution >= 0.6 is 0 Å². The molecule has 1 aliphatic rings. The summed E-state index contributed by atoms with van der Waals surface area (Å²) in [6.07, 6.45) is 5.22. The highest BCUT2D eigenvalue weighted by molar-refractivity contribution is 4.84. The van der Waals surface area contributed by atoms with Crippen LogP contribution in [0, 0.1) is 5.92 Å². The number of hydrogen-bond acceptors (Lipinski definition) is 3. The lowest BCUT2D eigenvalue weighted by Gasteiger charge is -2.35. The van der Waals surface area contributed by atoms with Crippen molar-refractivity contribution in [3.8, 4) is 0 Å². The van der Waals surface area contributed by atoms with Gasteiger partial charge in [-0.15, -0.1) is 0 Å². The number of rotatable bonds is 8. The van der Waals surface area contributed by atoms with E-state index >= 15 is 0 Å². The minimum absolute atomic E-state index is 0.379. The molecule has 0 aromatic heterocycles. The van der Waals surface area contributed by atoms with Crippen molar-refractivity contribution >= 4 is 0 Å². The third kappa shape index (κ3) is 5.84. The molecule has 1 fully saturated rings. The Labute approximate surface area is 106 Å². The molecule has 0 saturated heterocycles. The highest BCUT2D eigenvalue weighted by Crippen LogP contribution is 2.26. The van der Waals surface area contributed by atoms with Crippen LogP contribution in [-0.4, -0.2) is 38.5 Å². The van der Waals surface area contributed by atoms with Crippen molar-refractivity contribution in [3.05, 3.63) is 0 Å². The summed E-state index contributed by atoms with van der Waals surface area (Å²) in [7, 11) is 0. The van der Waals surface area contributed by atoms with E-state index in [2.05, 4.69) is 26.1 Å². The van der Waals surface area contributed by atoms with E-state index in [1.54, 1.807) is 0 Å². The van der Waals surface area contributed by atoms with E-state index in [-0.39, 0.29) is 0 Å². The Balaban J connectivity index is 2.21. The fourth-order valence-electron chi connectivity index (χ4n) is 2.51. The van der Waals surface area contributed by atoms with Crippen molar-refractivity contribution in [2.24, 2.45) is 5.92 Å². The number of hydrogen-bond donors (Lipinski definition) is 1. The highest BCUT2D eigenvalue weighted by atomic mass is 16.5. The van der Waals surface area contributed by atoms with Gasteiger partial charge >= 0.3 is 0 Å². The molecule has 0 aromatic rings. The maximum atomic E-state index is 5.98. The summed E-state index contributed by atoms with van der Waals surface area (Å²) in [6.45, 7) is 9.97. The fraction of sp³-hybridized carbons (Fsp3) is 1.00. The second kappa shape index (κ2) is 8.90. The van der Waals surface area contributed by atoms with Gasteiger partial charge in [0.2, 0.25) is 0 Å². The summed E-state index contributed by atoms with van der Waals surface area (Å²) in [5, 5.41) is 3.54. The zero-order valence-electron chi connectivity index (χ0n) is 11.7. The molecule has 0 amide bonds. The van der Waals surface area contributed by atoms with Crippen molar-refractivity contribution in [1.82, 2.24) is 5.32 Å². The first-order valence-corrected chi connectivity index (χ1v) is 7.20. The van der Waals surface area contributed by atoms with Crippen LogP contribution < -0.4 is 5.32 Å². The second-order valence-corrected chi connectivity index (χ2v) is 5.10. The summed E-state index contributed by atoms with van der Waals surface area (Å²) in [5.41, 5.74) is 0. The predicted molar refractivity (Wildman–Crippen MR) is 71.3 cm³/mol. The molecule has 0 bridgehead atoms. The Morgan fingerprint density at radius 1 is 1.12 bits per heavy atom. The van der Waals surface area contributed by atoms with Gasteiger partial charge in [-0.2, -0.15) is 0 Å². The number of ether oxygens (including phenoxy) is 2. The molecule has 17 heavy (non-hydrogen) atoms. The van der Waals surface area contributed by atoms with Crippen LogP contribution in [0.1, 0.15) is 46.5 Å². The number of nitrogens with one attached hydrogen (secondary N) is 1. The van der Waals surface area contributed by atoms with Gasteiger partial charge in [0.05, 0.1) is 19.3 Å². The Morgan fingerprint density at radius 3 is 2.65 bits per heavy atom. The van der Waals surface area contributed by atoms with Gasteiger partial charge in [-0.25, -0.2) is 0 Å². The lowest BCUT2D eigenvalue weighted by Crippen LogP contribution is -2.45. The van der Waals surface area contributed by atoms with Crippen LogP contribution in [0.15, 0.2) is 0 Å². The van der Waals surface area contributed by atoms with E-state index in [0.29, 0.717) is 12.1 Å². The molecule has 0 radical (unpaired) electrons. The monoisotopic (exact) mass is 243 g/mol.